The predicted octanol–water partition coefficient (Wildman–Crippen LogP) is 4.68. The second-order valence-corrected chi connectivity index (χ2v) is 10.6. The summed E-state index contributed by atoms with van der Waals surface area (Å²) >= 11 is 0. The van der Waals surface area contributed by atoms with E-state index in [0.29, 0.717) is 23.1 Å². The highest BCUT2D eigenvalue weighted by Gasteiger charge is 2.47. The highest BCUT2D eigenvalue weighted by molar-refractivity contribution is 5.93. The molecule has 3 aromatic rings. The van der Waals surface area contributed by atoms with E-state index in [-0.39, 0.29) is 11.4 Å². The van der Waals surface area contributed by atoms with Crippen LogP contribution in [0.2, 0.25) is 0 Å². The van der Waals surface area contributed by atoms with E-state index in [4.69, 9.17) is 14.2 Å². The maximum absolute atomic E-state index is 15.3. The van der Waals surface area contributed by atoms with Crippen LogP contribution in [0.25, 0.3) is 22.4 Å². The second-order valence-electron chi connectivity index (χ2n) is 10.6. The molecule has 1 spiro atoms. The van der Waals surface area contributed by atoms with E-state index in [1.807, 2.05) is 26.8 Å². The number of halogens is 1. The summed E-state index contributed by atoms with van der Waals surface area (Å²) in [6.45, 7) is 11.6. The van der Waals surface area contributed by atoms with E-state index in [1.165, 1.54) is 12.8 Å². The normalized spacial score (nSPS) is 25.0. The van der Waals surface area contributed by atoms with Crippen LogP contribution >= 0.6 is 0 Å². The van der Waals surface area contributed by atoms with Crippen LogP contribution in [0.5, 0.6) is 0 Å². The highest BCUT2D eigenvalue weighted by atomic mass is 19.1. The van der Waals surface area contributed by atoms with Gasteiger partial charge in [-0.3, -0.25) is 4.90 Å². The van der Waals surface area contributed by atoms with Crippen molar-refractivity contribution in [2.75, 3.05) is 44.3 Å². The summed E-state index contributed by atoms with van der Waals surface area (Å²) in [5.41, 5.74) is 3.28. The second kappa shape index (κ2) is 8.82. The molecule has 0 aliphatic carbocycles. The van der Waals surface area contributed by atoms with Crippen LogP contribution in [-0.2, 0) is 11.2 Å². The molecule has 3 saturated heterocycles. The Morgan fingerprint density at radius 3 is 2.80 bits per heavy atom. The number of likely N-dealkylation sites (tertiary alicyclic amines) is 1. The smallest absolute Gasteiger partial charge is 0.261 e. The number of ether oxygens (including phenoxy) is 1. The van der Waals surface area contributed by atoms with Gasteiger partial charge in [-0.2, -0.15) is 4.98 Å². The molecule has 7 nitrogen and oxygen atoms in total. The Labute approximate surface area is 205 Å². The summed E-state index contributed by atoms with van der Waals surface area (Å²) in [6.07, 6.45) is 5.41. The van der Waals surface area contributed by atoms with Crippen molar-refractivity contribution in [3.05, 3.63) is 34.9 Å². The van der Waals surface area contributed by atoms with Crippen LogP contribution in [-0.4, -0.2) is 65.0 Å². The first-order chi connectivity index (χ1) is 17.0. The maximum atomic E-state index is 15.3. The predicted molar refractivity (Wildman–Crippen MR) is 133 cm³/mol. The summed E-state index contributed by atoms with van der Waals surface area (Å²) in [5, 5.41) is 4.86. The summed E-state index contributed by atoms with van der Waals surface area (Å²) in [6, 6.07) is 3.66. The van der Waals surface area contributed by atoms with Crippen molar-refractivity contribution < 1.29 is 13.7 Å². The minimum atomic E-state index is -0.269. The number of aromatic nitrogens is 3. The number of nitrogens with zero attached hydrogens (tertiary/aromatic N) is 5. The molecular formula is C27H34FN5O2. The molecule has 186 valence electrons. The maximum Gasteiger partial charge on any atom is 0.261 e. The van der Waals surface area contributed by atoms with Crippen molar-refractivity contribution in [3.8, 4) is 11.5 Å². The van der Waals surface area contributed by atoms with Gasteiger partial charge in [0.1, 0.15) is 17.2 Å². The zero-order chi connectivity index (χ0) is 24.2. The number of anilines is 1. The van der Waals surface area contributed by atoms with E-state index in [0.717, 1.165) is 86.5 Å². The Hall–Kier alpha value is -2.58. The van der Waals surface area contributed by atoms with Gasteiger partial charge >= 0.3 is 0 Å². The summed E-state index contributed by atoms with van der Waals surface area (Å²) in [4.78, 5) is 14.5. The van der Waals surface area contributed by atoms with E-state index in [1.54, 1.807) is 6.07 Å². The fourth-order valence-corrected chi connectivity index (χ4v) is 6.42. The van der Waals surface area contributed by atoms with Crippen molar-refractivity contribution in [3.63, 3.8) is 0 Å². The number of aryl methyl sites for hydroxylation is 3. The van der Waals surface area contributed by atoms with E-state index >= 15 is 4.39 Å². The first-order valence-corrected chi connectivity index (χ1v) is 13.0. The molecule has 0 radical (unpaired) electrons. The summed E-state index contributed by atoms with van der Waals surface area (Å²) in [7, 11) is 0. The Balaban J connectivity index is 1.42. The zero-order valence-corrected chi connectivity index (χ0v) is 20.9. The Morgan fingerprint density at radius 2 is 2.06 bits per heavy atom. The van der Waals surface area contributed by atoms with Crippen LogP contribution in [0.4, 0.5) is 10.2 Å². The van der Waals surface area contributed by atoms with Crippen molar-refractivity contribution in [2.45, 2.75) is 58.4 Å². The number of benzene rings is 1. The van der Waals surface area contributed by atoms with Gasteiger partial charge < -0.3 is 14.2 Å². The molecule has 3 fully saturated rings. The monoisotopic (exact) mass is 479 g/mol. The first-order valence-electron chi connectivity index (χ1n) is 13.0. The standard InChI is InChI=1S/C27H34FN5O2/c1-4-19-12-21-17(2)23(26-29-18(3)31-35-26)25(30-24(21)22(28)13-19)32-10-8-27(16-32)7-5-9-33(27)14-20-6-11-34-15-20/h12-13,20H,4-11,14-16H2,1-3H3/t20-,27-/m0/s1. The molecule has 5 heterocycles. The van der Waals surface area contributed by atoms with Gasteiger partial charge in [0, 0.05) is 37.2 Å². The van der Waals surface area contributed by atoms with Gasteiger partial charge in [-0.15, -0.1) is 0 Å². The highest BCUT2D eigenvalue weighted by Crippen LogP contribution is 2.44. The van der Waals surface area contributed by atoms with Crippen molar-refractivity contribution >= 4 is 16.7 Å². The van der Waals surface area contributed by atoms with Crippen LogP contribution < -0.4 is 4.90 Å². The van der Waals surface area contributed by atoms with Crippen LogP contribution in [0, 0.1) is 25.6 Å². The van der Waals surface area contributed by atoms with Crippen molar-refractivity contribution in [1.82, 2.24) is 20.0 Å². The molecular weight excluding hydrogens is 445 g/mol. The molecule has 2 atom stereocenters. The summed E-state index contributed by atoms with van der Waals surface area (Å²) in [5.74, 6) is 2.15. The molecule has 1 aromatic carbocycles. The average molecular weight is 480 g/mol. The number of hydrogen-bond acceptors (Lipinski definition) is 7. The zero-order valence-electron chi connectivity index (χ0n) is 20.9. The molecule has 3 aliphatic rings. The van der Waals surface area contributed by atoms with E-state index in [2.05, 4.69) is 19.9 Å². The third-order valence-electron chi connectivity index (χ3n) is 8.37. The molecule has 0 bridgehead atoms. The average Bonchev–Trinajstić information content (AvgIpc) is 3.65. The molecule has 8 heteroatoms. The Morgan fingerprint density at radius 1 is 1.17 bits per heavy atom. The number of rotatable bonds is 5. The Bertz CT molecular complexity index is 1250. The minimum Gasteiger partial charge on any atom is -0.381 e. The topological polar surface area (TPSA) is 67.5 Å². The van der Waals surface area contributed by atoms with Crippen molar-refractivity contribution in [1.29, 1.82) is 0 Å². The molecule has 0 saturated carbocycles. The SMILES string of the molecule is CCc1cc(F)c2nc(N3CC[C@@]4(CCCN4C[C@@H]4CCOC4)C3)c(-c3nc(C)no3)c(C)c2c1. The van der Waals surface area contributed by atoms with Crippen LogP contribution in [0.1, 0.15) is 49.6 Å². The lowest BCUT2D eigenvalue weighted by Crippen LogP contribution is -2.48. The van der Waals surface area contributed by atoms with Crippen LogP contribution in [0.15, 0.2) is 16.7 Å². The fourth-order valence-electron chi connectivity index (χ4n) is 6.42. The molecule has 0 amide bonds. The van der Waals surface area contributed by atoms with Crippen molar-refractivity contribution in [2.24, 2.45) is 5.92 Å². The minimum absolute atomic E-state index is 0.139. The molecule has 3 aliphatic heterocycles. The fraction of sp³-hybridized carbons (Fsp3) is 0.593. The number of pyridine rings is 1. The molecule has 6 rings (SSSR count). The molecule has 2 aromatic heterocycles. The number of fused-ring (bicyclic) bond motifs is 1. The molecule has 0 unspecified atom stereocenters. The lowest BCUT2D eigenvalue weighted by molar-refractivity contribution is 0.120. The first kappa shape index (κ1) is 22.9. The lowest BCUT2D eigenvalue weighted by Gasteiger charge is -2.36. The third-order valence-corrected chi connectivity index (χ3v) is 8.37. The van der Waals surface area contributed by atoms with E-state index in [9.17, 15) is 0 Å². The van der Waals surface area contributed by atoms with Crippen LogP contribution in [0.3, 0.4) is 0 Å². The van der Waals surface area contributed by atoms with Gasteiger partial charge in [0.2, 0.25) is 0 Å². The molecule has 35 heavy (non-hydrogen) atoms. The quantitative estimate of drug-likeness (QED) is 0.526. The largest absolute Gasteiger partial charge is 0.381 e. The van der Waals surface area contributed by atoms with Gasteiger partial charge in [0.25, 0.3) is 5.89 Å². The summed E-state index contributed by atoms with van der Waals surface area (Å²) < 4.78 is 26.5. The Kier molecular flexibility index (Phi) is 5.76. The molecule has 0 N–H and O–H groups in total. The van der Waals surface area contributed by atoms with Gasteiger partial charge in [0.15, 0.2) is 5.82 Å². The lowest BCUT2D eigenvalue weighted by atomic mass is 9.94. The van der Waals surface area contributed by atoms with Gasteiger partial charge in [-0.05, 0) is 81.7 Å². The van der Waals surface area contributed by atoms with Gasteiger partial charge in [-0.1, -0.05) is 12.1 Å². The third kappa shape index (κ3) is 3.91. The van der Waals surface area contributed by atoms with Gasteiger partial charge in [-0.25, -0.2) is 9.37 Å². The van der Waals surface area contributed by atoms with E-state index < -0.39 is 0 Å². The van der Waals surface area contributed by atoms with Gasteiger partial charge in [0.05, 0.1) is 12.2 Å². The number of hydrogen-bond donors (Lipinski definition) is 0.